The van der Waals surface area contributed by atoms with E-state index in [0.717, 1.165) is 18.4 Å². The number of allylic oxidation sites excluding steroid dienone is 4. The van der Waals surface area contributed by atoms with Gasteiger partial charge in [-0.15, -0.1) is 0 Å². The fraction of sp³-hybridized carbons (Fsp3) is 0.789. The van der Waals surface area contributed by atoms with Crippen molar-refractivity contribution in [2.75, 3.05) is 0 Å². The molecule has 21 heavy (non-hydrogen) atoms. The van der Waals surface area contributed by atoms with Gasteiger partial charge in [-0.2, -0.15) is 0 Å². The molecule has 0 saturated heterocycles. The maximum Gasteiger partial charge on any atom is 0.255 e. The largest absolute Gasteiger partial charge is 0.255 e. The van der Waals surface area contributed by atoms with Crippen LogP contribution in [0.2, 0.25) is 0 Å². The van der Waals surface area contributed by atoms with E-state index in [2.05, 4.69) is 41.5 Å². The Bertz CT molecular complexity index is 535. The summed E-state index contributed by atoms with van der Waals surface area (Å²) < 4.78 is 28.9. The molecule has 0 spiro atoms. The van der Waals surface area contributed by atoms with Crippen LogP contribution in [0.4, 0.5) is 8.78 Å². The molecule has 0 aromatic heterocycles. The molecule has 2 saturated carbocycles. The summed E-state index contributed by atoms with van der Waals surface area (Å²) in [6, 6.07) is 0. The van der Waals surface area contributed by atoms with Crippen LogP contribution in [0.3, 0.4) is 0 Å². The maximum absolute atomic E-state index is 14.5. The van der Waals surface area contributed by atoms with E-state index in [-0.39, 0.29) is 23.2 Å². The average molecular weight is 294 g/mol. The van der Waals surface area contributed by atoms with E-state index in [4.69, 9.17) is 0 Å². The Morgan fingerprint density at radius 3 is 2.05 bits per heavy atom. The van der Waals surface area contributed by atoms with E-state index in [1.165, 1.54) is 16.7 Å². The van der Waals surface area contributed by atoms with Gasteiger partial charge >= 0.3 is 0 Å². The zero-order valence-electron chi connectivity index (χ0n) is 14.2. The quantitative estimate of drug-likeness (QED) is 0.503. The Hall–Kier alpha value is -0.660. The van der Waals surface area contributed by atoms with Crippen LogP contribution >= 0.6 is 0 Å². The summed E-state index contributed by atoms with van der Waals surface area (Å²) in [5, 5.41) is 0. The normalized spacial score (nSPS) is 32.0. The summed E-state index contributed by atoms with van der Waals surface area (Å²) in [5.74, 6) is -2.81. The van der Waals surface area contributed by atoms with Crippen molar-refractivity contribution in [1.29, 1.82) is 0 Å². The minimum Gasteiger partial charge on any atom is -0.206 e. The lowest BCUT2D eigenvalue weighted by Crippen LogP contribution is -2.26. The predicted octanol–water partition coefficient (Wildman–Crippen LogP) is 6.14. The van der Waals surface area contributed by atoms with Crippen LogP contribution in [0.5, 0.6) is 0 Å². The van der Waals surface area contributed by atoms with Gasteiger partial charge in [0.1, 0.15) is 0 Å². The Morgan fingerprint density at radius 1 is 0.952 bits per heavy atom. The fourth-order valence-corrected chi connectivity index (χ4v) is 4.69. The van der Waals surface area contributed by atoms with Crippen molar-refractivity contribution in [2.45, 2.75) is 73.1 Å². The van der Waals surface area contributed by atoms with Gasteiger partial charge in [0, 0.05) is 6.42 Å². The highest BCUT2D eigenvalue weighted by Gasteiger charge is 2.58. The third kappa shape index (κ3) is 2.21. The minimum atomic E-state index is -2.49. The molecule has 3 aliphatic carbocycles. The van der Waals surface area contributed by atoms with Gasteiger partial charge in [0.2, 0.25) is 0 Å². The summed E-state index contributed by atoms with van der Waals surface area (Å²) in [6.07, 6.45) is 2.58. The molecule has 0 nitrogen and oxygen atoms in total. The highest BCUT2D eigenvalue weighted by Crippen LogP contribution is 2.64. The Kier molecular flexibility index (Phi) is 3.05. The second-order valence-corrected chi connectivity index (χ2v) is 9.27. The molecule has 0 aromatic rings. The molecule has 0 N–H and O–H groups in total. The SMILES string of the molecule is CC(C)(C)C1=C2CC3CCC(F)(F)C3C2=C(C(C)(C)C)C1. The first-order valence-corrected chi connectivity index (χ1v) is 8.27. The Morgan fingerprint density at radius 2 is 1.52 bits per heavy atom. The molecule has 3 rings (SSSR count). The Balaban J connectivity index is 2.16. The van der Waals surface area contributed by atoms with Crippen molar-refractivity contribution in [1.82, 2.24) is 0 Å². The summed E-state index contributed by atoms with van der Waals surface area (Å²) in [7, 11) is 0. The van der Waals surface area contributed by atoms with Crippen molar-refractivity contribution in [2.24, 2.45) is 22.7 Å². The number of hydrogen-bond acceptors (Lipinski definition) is 0. The molecule has 2 atom stereocenters. The lowest BCUT2D eigenvalue weighted by molar-refractivity contribution is -0.0273. The highest BCUT2D eigenvalue weighted by atomic mass is 19.3. The first kappa shape index (κ1) is 15.2. The summed E-state index contributed by atoms with van der Waals surface area (Å²) in [5.41, 5.74) is 5.16. The molecule has 0 aliphatic heterocycles. The predicted molar refractivity (Wildman–Crippen MR) is 83.4 cm³/mol. The van der Waals surface area contributed by atoms with E-state index in [1.54, 1.807) is 0 Å². The van der Waals surface area contributed by atoms with Crippen molar-refractivity contribution in [3.63, 3.8) is 0 Å². The monoisotopic (exact) mass is 294 g/mol. The first-order chi connectivity index (χ1) is 9.43. The molecule has 118 valence electrons. The average Bonchev–Trinajstić information content (AvgIpc) is 2.84. The van der Waals surface area contributed by atoms with Crippen LogP contribution in [0, 0.1) is 22.7 Å². The second-order valence-electron chi connectivity index (χ2n) is 9.27. The maximum atomic E-state index is 14.5. The van der Waals surface area contributed by atoms with Gasteiger partial charge in [0.15, 0.2) is 0 Å². The number of alkyl halides is 2. The summed E-state index contributed by atoms with van der Waals surface area (Å²) >= 11 is 0. The third-order valence-corrected chi connectivity index (χ3v) is 5.73. The number of halogens is 2. The van der Waals surface area contributed by atoms with Crippen LogP contribution in [0.1, 0.15) is 67.2 Å². The second kappa shape index (κ2) is 4.20. The fourth-order valence-electron chi connectivity index (χ4n) is 4.69. The molecule has 2 unspecified atom stereocenters. The van der Waals surface area contributed by atoms with Crippen LogP contribution in [0.25, 0.3) is 0 Å². The minimum absolute atomic E-state index is 0.0128. The van der Waals surface area contributed by atoms with Crippen LogP contribution in [-0.2, 0) is 0 Å². The Labute approximate surface area is 127 Å². The van der Waals surface area contributed by atoms with Crippen molar-refractivity contribution in [3.8, 4) is 0 Å². The van der Waals surface area contributed by atoms with Gasteiger partial charge in [0.05, 0.1) is 5.92 Å². The molecule has 0 radical (unpaired) electrons. The van der Waals surface area contributed by atoms with Gasteiger partial charge in [0.25, 0.3) is 5.92 Å². The lowest BCUT2D eigenvalue weighted by Gasteiger charge is -2.29. The highest BCUT2D eigenvalue weighted by molar-refractivity contribution is 5.56. The zero-order valence-corrected chi connectivity index (χ0v) is 14.2. The lowest BCUT2D eigenvalue weighted by atomic mass is 9.77. The van der Waals surface area contributed by atoms with Crippen LogP contribution < -0.4 is 0 Å². The molecule has 3 aliphatic rings. The molecule has 0 aromatic carbocycles. The molecular weight excluding hydrogens is 266 g/mol. The number of rotatable bonds is 0. The van der Waals surface area contributed by atoms with E-state index < -0.39 is 11.8 Å². The van der Waals surface area contributed by atoms with E-state index in [0.29, 0.717) is 6.42 Å². The molecule has 0 heterocycles. The standard InChI is InChI=1S/C19H28F2/c1-17(2,3)13-10-14(18(4,5)6)15-12(13)9-11-7-8-19(20,21)16(11)15/h11,16H,7-10H2,1-6H3. The van der Waals surface area contributed by atoms with E-state index in [9.17, 15) is 8.78 Å². The van der Waals surface area contributed by atoms with Crippen LogP contribution in [0.15, 0.2) is 22.3 Å². The zero-order chi connectivity index (χ0) is 15.8. The topological polar surface area (TPSA) is 0 Å². The number of hydrogen-bond donors (Lipinski definition) is 0. The van der Waals surface area contributed by atoms with Gasteiger partial charge in [-0.1, -0.05) is 52.7 Å². The van der Waals surface area contributed by atoms with Gasteiger partial charge in [-0.3, -0.25) is 0 Å². The van der Waals surface area contributed by atoms with Crippen LogP contribution in [-0.4, -0.2) is 5.92 Å². The summed E-state index contributed by atoms with van der Waals surface area (Å²) in [4.78, 5) is 0. The smallest absolute Gasteiger partial charge is 0.206 e. The van der Waals surface area contributed by atoms with Crippen molar-refractivity contribution in [3.05, 3.63) is 22.3 Å². The molecule has 2 fully saturated rings. The van der Waals surface area contributed by atoms with E-state index in [1.807, 2.05) is 0 Å². The van der Waals surface area contributed by atoms with E-state index >= 15 is 0 Å². The molecule has 2 heteroatoms. The third-order valence-electron chi connectivity index (χ3n) is 5.73. The first-order valence-electron chi connectivity index (χ1n) is 8.27. The van der Waals surface area contributed by atoms with Crippen molar-refractivity contribution < 1.29 is 8.78 Å². The molecule has 0 amide bonds. The summed E-state index contributed by atoms with van der Waals surface area (Å²) in [6.45, 7) is 13.2. The van der Waals surface area contributed by atoms with Gasteiger partial charge < -0.3 is 0 Å². The number of fused-ring (bicyclic) bond motifs is 3. The van der Waals surface area contributed by atoms with Crippen molar-refractivity contribution >= 4 is 0 Å². The van der Waals surface area contributed by atoms with Gasteiger partial charge in [-0.05, 0) is 47.2 Å². The molecular formula is C19H28F2. The van der Waals surface area contributed by atoms with Gasteiger partial charge in [-0.25, -0.2) is 8.78 Å². The molecule has 0 bridgehead atoms.